The molecule has 0 unspecified atom stereocenters. The van der Waals surface area contributed by atoms with Crippen LogP contribution in [0, 0.1) is 6.92 Å². The number of benzene rings is 1. The van der Waals surface area contributed by atoms with E-state index in [1.54, 1.807) is 7.11 Å². The number of hydrogen-bond acceptors (Lipinski definition) is 3. The normalized spacial score (nSPS) is 11.0. The third kappa shape index (κ3) is 3.96. The van der Waals surface area contributed by atoms with E-state index in [2.05, 4.69) is 25.2 Å². The number of halogens is 1. The zero-order valence-corrected chi connectivity index (χ0v) is 13.7. The lowest BCUT2D eigenvalue weighted by Gasteiger charge is -2.13. The van der Waals surface area contributed by atoms with Gasteiger partial charge in [0.1, 0.15) is 5.75 Å². The van der Waals surface area contributed by atoms with Crippen LogP contribution in [0.2, 0.25) is 5.02 Å². The fourth-order valence-corrected chi connectivity index (χ4v) is 2.29. The second-order valence-corrected chi connectivity index (χ2v) is 5.76. The van der Waals surface area contributed by atoms with Crippen LogP contribution in [-0.4, -0.2) is 18.1 Å². The average Bonchev–Trinajstić information content (AvgIpc) is 2.45. The van der Waals surface area contributed by atoms with E-state index in [1.807, 2.05) is 31.2 Å². The molecule has 3 nitrogen and oxygen atoms in total. The first kappa shape index (κ1) is 15.8. The molecule has 2 aromatic rings. The zero-order valence-electron chi connectivity index (χ0n) is 12.9. The van der Waals surface area contributed by atoms with Gasteiger partial charge in [-0.1, -0.05) is 31.5 Å². The molecule has 1 N–H and O–H groups in total. The number of pyridine rings is 1. The number of rotatable bonds is 5. The second kappa shape index (κ2) is 6.92. The molecule has 0 aliphatic carbocycles. The van der Waals surface area contributed by atoms with Crippen molar-refractivity contribution in [3.63, 3.8) is 0 Å². The smallest absolute Gasteiger partial charge is 0.128 e. The molecule has 1 aromatic heterocycles. The molecule has 112 valence electrons. The third-order valence-electron chi connectivity index (χ3n) is 3.33. The van der Waals surface area contributed by atoms with Crippen molar-refractivity contribution in [3.8, 4) is 17.0 Å². The highest BCUT2D eigenvalue weighted by molar-refractivity contribution is 6.30. The van der Waals surface area contributed by atoms with Crippen molar-refractivity contribution in [2.45, 2.75) is 33.4 Å². The number of hydrogen-bond donors (Lipinski definition) is 1. The predicted molar refractivity (Wildman–Crippen MR) is 87.9 cm³/mol. The number of nitrogens with one attached hydrogen (secondary N) is 1. The van der Waals surface area contributed by atoms with E-state index in [0.29, 0.717) is 11.1 Å². The van der Waals surface area contributed by atoms with Gasteiger partial charge in [-0.15, -0.1) is 0 Å². The van der Waals surface area contributed by atoms with Crippen molar-refractivity contribution in [1.82, 2.24) is 10.3 Å². The maximum atomic E-state index is 6.09. The van der Waals surface area contributed by atoms with E-state index in [0.717, 1.165) is 29.2 Å². The standard InChI is InChI=1S/C17H21ClN2O/c1-11(2)19-10-13-5-7-16(20-12(13)3)15-9-14(18)6-8-17(15)21-4/h5-9,11,19H,10H2,1-4H3. The van der Waals surface area contributed by atoms with Crippen LogP contribution in [0.5, 0.6) is 5.75 Å². The SMILES string of the molecule is COc1ccc(Cl)cc1-c1ccc(CNC(C)C)c(C)n1. The van der Waals surface area contributed by atoms with Crippen LogP contribution in [0.1, 0.15) is 25.1 Å². The zero-order chi connectivity index (χ0) is 15.4. The Labute approximate surface area is 131 Å². The van der Waals surface area contributed by atoms with E-state index in [4.69, 9.17) is 21.3 Å². The Morgan fingerprint density at radius 3 is 2.62 bits per heavy atom. The molecule has 21 heavy (non-hydrogen) atoms. The molecule has 0 atom stereocenters. The summed E-state index contributed by atoms with van der Waals surface area (Å²) in [7, 11) is 1.65. The van der Waals surface area contributed by atoms with Crippen LogP contribution in [0.25, 0.3) is 11.3 Å². The molecule has 1 heterocycles. The molecule has 0 spiro atoms. The summed E-state index contributed by atoms with van der Waals surface area (Å²) in [4.78, 5) is 4.69. The highest BCUT2D eigenvalue weighted by atomic mass is 35.5. The maximum Gasteiger partial charge on any atom is 0.128 e. The van der Waals surface area contributed by atoms with Gasteiger partial charge in [-0.05, 0) is 36.8 Å². The van der Waals surface area contributed by atoms with E-state index in [9.17, 15) is 0 Å². The van der Waals surface area contributed by atoms with Crippen molar-refractivity contribution >= 4 is 11.6 Å². The average molecular weight is 305 g/mol. The van der Waals surface area contributed by atoms with E-state index < -0.39 is 0 Å². The summed E-state index contributed by atoms with van der Waals surface area (Å²) >= 11 is 6.09. The molecule has 2 rings (SSSR count). The quantitative estimate of drug-likeness (QED) is 0.898. The summed E-state index contributed by atoms with van der Waals surface area (Å²) in [5.74, 6) is 0.777. The van der Waals surface area contributed by atoms with Gasteiger partial charge in [0.25, 0.3) is 0 Å². The monoisotopic (exact) mass is 304 g/mol. The minimum atomic E-state index is 0.456. The molecular weight excluding hydrogens is 284 g/mol. The van der Waals surface area contributed by atoms with Gasteiger partial charge in [0.2, 0.25) is 0 Å². The van der Waals surface area contributed by atoms with Crippen molar-refractivity contribution in [2.24, 2.45) is 0 Å². The Morgan fingerprint density at radius 2 is 2.00 bits per heavy atom. The Kier molecular flexibility index (Phi) is 5.21. The first-order valence-electron chi connectivity index (χ1n) is 7.05. The largest absolute Gasteiger partial charge is 0.496 e. The molecule has 0 fully saturated rings. The predicted octanol–water partition coefficient (Wildman–Crippen LogP) is 4.22. The van der Waals surface area contributed by atoms with Crippen molar-refractivity contribution in [1.29, 1.82) is 0 Å². The fraction of sp³-hybridized carbons (Fsp3) is 0.353. The molecule has 0 aliphatic heterocycles. The number of ether oxygens (including phenoxy) is 1. The van der Waals surface area contributed by atoms with Gasteiger partial charge in [0, 0.05) is 28.9 Å². The summed E-state index contributed by atoms with van der Waals surface area (Å²) in [6.07, 6.45) is 0. The van der Waals surface area contributed by atoms with Gasteiger partial charge >= 0.3 is 0 Å². The molecule has 0 saturated heterocycles. The summed E-state index contributed by atoms with van der Waals surface area (Å²) < 4.78 is 5.39. The van der Waals surface area contributed by atoms with Gasteiger partial charge in [-0.2, -0.15) is 0 Å². The highest BCUT2D eigenvalue weighted by Gasteiger charge is 2.10. The molecule has 0 radical (unpaired) electrons. The summed E-state index contributed by atoms with van der Waals surface area (Å²) in [5, 5.41) is 4.08. The third-order valence-corrected chi connectivity index (χ3v) is 3.57. The fourth-order valence-electron chi connectivity index (χ4n) is 2.12. The molecule has 0 bridgehead atoms. The first-order chi connectivity index (χ1) is 10.0. The van der Waals surface area contributed by atoms with Gasteiger partial charge < -0.3 is 10.1 Å². The number of aryl methyl sites for hydroxylation is 1. The lowest BCUT2D eigenvalue weighted by atomic mass is 10.1. The van der Waals surface area contributed by atoms with Crippen LogP contribution in [-0.2, 0) is 6.54 Å². The Balaban J connectivity index is 2.34. The van der Waals surface area contributed by atoms with Gasteiger partial charge in [-0.3, -0.25) is 4.98 Å². The molecule has 0 aliphatic rings. The van der Waals surface area contributed by atoms with Crippen molar-refractivity contribution in [3.05, 3.63) is 46.6 Å². The van der Waals surface area contributed by atoms with Crippen LogP contribution in [0.3, 0.4) is 0 Å². The maximum absolute atomic E-state index is 6.09. The Morgan fingerprint density at radius 1 is 1.24 bits per heavy atom. The van der Waals surface area contributed by atoms with Gasteiger partial charge in [0.15, 0.2) is 0 Å². The highest BCUT2D eigenvalue weighted by Crippen LogP contribution is 2.31. The first-order valence-corrected chi connectivity index (χ1v) is 7.43. The second-order valence-electron chi connectivity index (χ2n) is 5.32. The summed E-state index contributed by atoms with van der Waals surface area (Å²) in [5.41, 5.74) is 4.01. The topological polar surface area (TPSA) is 34.1 Å². The molecule has 0 saturated carbocycles. The van der Waals surface area contributed by atoms with Crippen LogP contribution >= 0.6 is 11.6 Å². The molecule has 4 heteroatoms. The van der Waals surface area contributed by atoms with Gasteiger partial charge in [-0.25, -0.2) is 0 Å². The van der Waals surface area contributed by atoms with E-state index in [-0.39, 0.29) is 0 Å². The molecular formula is C17H21ClN2O. The number of methoxy groups -OCH3 is 1. The van der Waals surface area contributed by atoms with Crippen LogP contribution in [0.4, 0.5) is 0 Å². The molecule has 1 aromatic carbocycles. The molecule has 0 amide bonds. The van der Waals surface area contributed by atoms with E-state index in [1.165, 1.54) is 5.56 Å². The van der Waals surface area contributed by atoms with Crippen LogP contribution in [0.15, 0.2) is 30.3 Å². The van der Waals surface area contributed by atoms with Crippen LogP contribution < -0.4 is 10.1 Å². The van der Waals surface area contributed by atoms with Crippen molar-refractivity contribution in [2.75, 3.05) is 7.11 Å². The number of nitrogens with zero attached hydrogens (tertiary/aromatic N) is 1. The van der Waals surface area contributed by atoms with Gasteiger partial charge in [0.05, 0.1) is 12.8 Å². The summed E-state index contributed by atoms with van der Waals surface area (Å²) in [6, 6.07) is 10.1. The lowest BCUT2D eigenvalue weighted by Crippen LogP contribution is -2.22. The Hall–Kier alpha value is -1.58. The van der Waals surface area contributed by atoms with E-state index >= 15 is 0 Å². The lowest BCUT2D eigenvalue weighted by molar-refractivity contribution is 0.416. The Bertz CT molecular complexity index is 626. The number of aromatic nitrogens is 1. The minimum absolute atomic E-state index is 0.456. The van der Waals surface area contributed by atoms with Crippen molar-refractivity contribution < 1.29 is 4.74 Å². The minimum Gasteiger partial charge on any atom is -0.496 e. The summed E-state index contributed by atoms with van der Waals surface area (Å²) in [6.45, 7) is 7.11.